The zero-order valence-corrected chi connectivity index (χ0v) is 32.0. The molecule has 0 aromatic carbocycles. The number of nitrogens with zero attached hydrogens (tertiary/aromatic N) is 6. The lowest BCUT2D eigenvalue weighted by atomic mass is 9.85. The number of carbonyl (C=O) groups excluding carboxylic acids is 2. The van der Waals surface area contributed by atoms with Crippen molar-refractivity contribution in [1.82, 2.24) is 24.7 Å². The molecule has 0 unspecified atom stereocenters. The molecule has 288 valence electrons. The molecule has 1 aromatic rings. The van der Waals surface area contributed by atoms with Crippen molar-refractivity contribution in [2.45, 2.75) is 135 Å². The second-order valence-electron chi connectivity index (χ2n) is 16.6. The predicted octanol–water partition coefficient (Wildman–Crippen LogP) is 5.82. The van der Waals surface area contributed by atoms with Gasteiger partial charge in [0.05, 0.1) is 6.42 Å². The average molecular weight is 717 g/mol. The van der Waals surface area contributed by atoms with Crippen LogP contribution in [0.1, 0.15) is 112 Å². The molecule has 14 nitrogen and oxygen atoms in total. The van der Waals surface area contributed by atoms with Crippen molar-refractivity contribution in [2.24, 2.45) is 5.92 Å². The number of nitrogens with one attached hydrogen (secondary N) is 1. The molecule has 1 aromatic heterocycles. The van der Waals surface area contributed by atoms with E-state index in [-0.39, 0.29) is 30.7 Å². The Kier molecular flexibility index (Phi) is 14.4. The first kappa shape index (κ1) is 40.2. The average Bonchev–Trinajstić information content (AvgIpc) is 3.04. The fourth-order valence-electron chi connectivity index (χ4n) is 7.27. The Morgan fingerprint density at radius 3 is 2.12 bits per heavy atom. The Balaban J connectivity index is 1.31. The lowest BCUT2D eigenvalue weighted by molar-refractivity contribution is -0.137. The van der Waals surface area contributed by atoms with Crippen LogP contribution in [0.3, 0.4) is 0 Å². The van der Waals surface area contributed by atoms with Gasteiger partial charge in [-0.05, 0) is 92.4 Å². The first-order valence-corrected chi connectivity index (χ1v) is 19.1. The van der Waals surface area contributed by atoms with Crippen LogP contribution in [0.5, 0.6) is 0 Å². The number of anilines is 3. The van der Waals surface area contributed by atoms with Crippen molar-refractivity contribution >= 4 is 35.7 Å². The number of piperazine rings is 1. The molecule has 4 N–H and O–H groups in total. The number of rotatable bonds is 13. The molecule has 14 heteroatoms. The Morgan fingerprint density at radius 1 is 0.882 bits per heavy atom. The van der Waals surface area contributed by atoms with Crippen molar-refractivity contribution < 1.29 is 29.0 Å². The topological polar surface area (TPSA) is 167 Å². The molecule has 2 saturated carbocycles. The first-order valence-electron chi connectivity index (χ1n) is 19.1. The second-order valence-corrected chi connectivity index (χ2v) is 16.6. The molecule has 1 saturated heterocycles. The third-order valence-electron chi connectivity index (χ3n) is 9.85. The third-order valence-corrected chi connectivity index (χ3v) is 9.85. The molecular formula is C37H64N8O6. The van der Waals surface area contributed by atoms with Crippen molar-refractivity contribution in [3.8, 4) is 0 Å². The smallest absolute Gasteiger partial charge is 0.410 e. The lowest BCUT2D eigenvalue weighted by Gasteiger charge is -2.37. The third kappa shape index (κ3) is 13.8. The maximum Gasteiger partial charge on any atom is 0.410 e. The molecule has 0 bridgehead atoms. The standard InChI is InChI=1S/C37H64N8O6/c1-36(2,3)50-34(48)44(18-10-19-45(29-11-8-7-9-12-29)35(49)51-37(4,5)6)26-27-13-15-28(16-14-27)39-33-40-30(38)25-31(41-33)43-23-21-42(22-24-43)20-17-32(46)47/h25,27-29H,7-24,26H2,1-6H3,(H,46,47)(H3,38,39,40,41)/t27-,28+. The van der Waals surface area contributed by atoms with E-state index in [9.17, 15) is 14.4 Å². The first-order chi connectivity index (χ1) is 24.0. The van der Waals surface area contributed by atoms with Gasteiger partial charge in [-0.25, -0.2) is 9.59 Å². The van der Waals surface area contributed by atoms with Gasteiger partial charge in [-0.2, -0.15) is 9.97 Å². The van der Waals surface area contributed by atoms with Crippen LogP contribution in [0.2, 0.25) is 0 Å². The summed E-state index contributed by atoms with van der Waals surface area (Å²) < 4.78 is 11.6. The van der Waals surface area contributed by atoms with Crippen LogP contribution in [-0.2, 0) is 14.3 Å². The summed E-state index contributed by atoms with van der Waals surface area (Å²) in [5.41, 5.74) is 5.03. The Labute approximate surface area is 304 Å². The van der Waals surface area contributed by atoms with E-state index in [0.29, 0.717) is 50.3 Å². The normalized spacial score (nSPS) is 20.8. The second kappa shape index (κ2) is 18.3. The summed E-state index contributed by atoms with van der Waals surface area (Å²) in [6, 6.07) is 2.16. The number of carboxylic acids is 1. The van der Waals surface area contributed by atoms with Crippen molar-refractivity contribution in [3.05, 3.63) is 6.07 Å². The number of nitrogen functional groups attached to an aromatic ring is 1. The van der Waals surface area contributed by atoms with Crippen LogP contribution in [-0.4, -0.2) is 124 Å². The van der Waals surface area contributed by atoms with E-state index in [0.717, 1.165) is 83.4 Å². The summed E-state index contributed by atoms with van der Waals surface area (Å²) in [5.74, 6) is 1.25. The quantitative estimate of drug-likeness (QED) is 0.224. The van der Waals surface area contributed by atoms with Crippen LogP contribution in [0.4, 0.5) is 27.2 Å². The monoisotopic (exact) mass is 716 g/mol. The molecule has 2 aliphatic carbocycles. The minimum absolute atomic E-state index is 0.144. The molecular weight excluding hydrogens is 652 g/mol. The van der Waals surface area contributed by atoms with E-state index in [1.165, 1.54) is 6.42 Å². The lowest BCUT2D eigenvalue weighted by Crippen LogP contribution is -2.47. The van der Waals surface area contributed by atoms with Gasteiger partial charge in [0.1, 0.15) is 22.8 Å². The fraction of sp³-hybridized carbons (Fsp3) is 0.811. The minimum atomic E-state index is -0.778. The highest BCUT2D eigenvalue weighted by Gasteiger charge is 2.32. The maximum absolute atomic E-state index is 13.4. The maximum atomic E-state index is 13.4. The minimum Gasteiger partial charge on any atom is -0.481 e. The van der Waals surface area contributed by atoms with E-state index < -0.39 is 17.2 Å². The molecule has 2 heterocycles. The number of aromatic nitrogens is 2. The summed E-state index contributed by atoms with van der Waals surface area (Å²) in [6.45, 7) is 16.6. The highest BCUT2D eigenvalue weighted by Crippen LogP contribution is 2.29. The van der Waals surface area contributed by atoms with Gasteiger partial charge in [-0.3, -0.25) is 9.69 Å². The molecule has 51 heavy (non-hydrogen) atoms. The van der Waals surface area contributed by atoms with Crippen LogP contribution < -0.4 is 16.0 Å². The molecule has 0 radical (unpaired) electrons. The highest BCUT2D eigenvalue weighted by atomic mass is 16.6. The number of amides is 2. The number of hydrogen-bond donors (Lipinski definition) is 3. The van der Waals surface area contributed by atoms with E-state index in [1.807, 2.05) is 51.3 Å². The van der Waals surface area contributed by atoms with Gasteiger partial charge >= 0.3 is 18.2 Å². The number of carboxylic acid groups (broad SMARTS) is 1. The van der Waals surface area contributed by atoms with Gasteiger partial charge < -0.3 is 40.3 Å². The van der Waals surface area contributed by atoms with Crippen molar-refractivity contribution in [3.63, 3.8) is 0 Å². The van der Waals surface area contributed by atoms with Gasteiger partial charge in [0.25, 0.3) is 0 Å². The summed E-state index contributed by atoms with van der Waals surface area (Å²) >= 11 is 0. The van der Waals surface area contributed by atoms with E-state index >= 15 is 0 Å². The number of hydrogen-bond acceptors (Lipinski definition) is 11. The van der Waals surface area contributed by atoms with Gasteiger partial charge in [0.15, 0.2) is 0 Å². The fourth-order valence-corrected chi connectivity index (χ4v) is 7.27. The van der Waals surface area contributed by atoms with Crippen LogP contribution >= 0.6 is 0 Å². The van der Waals surface area contributed by atoms with Crippen LogP contribution in [0, 0.1) is 5.92 Å². The Hall–Kier alpha value is -3.55. The summed E-state index contributed by atoms with van der Waals surface area (Å²) in [5, 5.41) is 12.5. The SMILES string of the molecule is CC(C)(C)OC(=O)N(CCCN(C(=O)OC(C)(C)C)C1CCCCC1)C[C@H]1CC[C@@H](Nc2nc(N)cc(N3CCN(CCC(=O)O)CC3)n2)CC1. The number of aliphatic carboxylic acids is 1. The van der Waals surface area contributed by atoms with Gasteiger partial charge in [-0.1, -0.05) is 19.3 Å². The van der Waals surface area contributed by atoms with Crippen molar-refractivity contribution in [2.75, 3.05) is 68.3 Å². The van der Waals surface area contributed by atoms with Gasteiger partial charge in [0, 0.05) is 70.5 Å². The number of carbonyl (C=O) groups is 3. The molecule has 4 rings (SSSR count). The molecule has 0 atom stereocenters. The van der Waals surface area contributed by atoms with E-state index in [4.69, 9.17) is 25.3 Å². The van der Waals surface area contributed by atoms with Gasteiger partial charge in [-0.15, -0.1) is 0 Å². The highest BCUT2D eigenvalue weighted by molar-refractivity contribution is 5.69. The van der Waals surface area contributed by atoms with Crippen molar-refractivity contribution in [1.29, 1.82) is 0 Å². The molecule has 3 fully saturated rings. The zero-order chi connectivity index (χ0) is 37.2. The predicted molar refractivity (Wildman–Crippen MR) is 199 cm³/mol. The van der Waals surface area contributed by atoms with E-state index in [2.05, 4.69) is 20.1 Å². The van der Waals surface area contributed by atoms with Crippen LogP contribution in [0.25, 0.3) is 0 Å². The Morgan fingerprint density at radius 2 is 1.51 bits per heavy atom. The Bertz CT molecular complexity index is 1280. The largest absolute Gasteiger partial charge is 0.481 e. The summed E-state index contributed by atoms with van der Waals surface area (Å²) in [6.07, 6.45) is 9.33. The zero-order valence-electron chi connectivity index (χ0n) is 32.0. The molecule has 2 amide bonds. The molecule has 1 aliphatic heterocycles. The molecule has 0 spiro atoms. The summed E-state index contributed by atoms with van der Waals surface area (Å²) in [7, 11) is 0. The van der Waals surface area contributed by atoms with Gasteiger partial charge in [0.2, 0.25) is 5.95 Å². The summed E-state index contributed by atoms with van der Waals surface area (Å²) in [4.78, 5) is 55.0. The van der Waals surface area contributed by atoms with Crippen LogP contribution in [0.15, 0.2) is 6.07 Å². The molecule has 3 aliphatic rings. The van der Waals surface area contributed by atoms with E-state index in [1.54, 1.807) is 6.07 Å². The number of nitrogens with two attached hydrogens (primary N) is 1. The number of ether oxygens (including phenoxy) is 2.